The number of hydrogen-bond donors (Lipinski definition) is 1. The van der Waals surface area contributed by atoms with Gasteiger partial charge in [-0.3, -0.25) is 10.1 Å². The summed E-state index contributed by atoms with van der Waals surface area (Å²) in [5.41, 5.74) is -0.460. The summed E-state index contributed by atoms with van der Waals surface area (Å²) in [6.07, 6.45) is 1.21. The SMILES string of the molecule is Cl.O=[N+]([O-])c1cccc(Cl)c1S(=O)(=O)C1CCCNC1. The van der Waals surface area contributed by atoms with Crippen LogP contribution < -0.4 is 5.32 Å². The van der Waals surface area contributed by atoms with Crippen LogP contribution in [-0.4, -0.2) is 31.7 Å². The van der Waals surface area contributed by atoms with Gasteiger partial charge in [-0.25, -0.2) is 8.42 Å². The highest BCUT2D eigenvalue weighted by Crippen LogP contribution is 2.34. The first kappa shape index (κ1) is 17.2. The third-order valence-corrected chi connectivity index (χ3v) is 5.82. The van der Waals surface area contributed by atoms with E-state index in [0.29, 0.717) is 13.0 Å². The summed E-state index contributed by atoms with van der Waals surface area (Å²) in [6, 6.07) is 3.89. The van der Waals surface area contributed by atoms with E-state index in [-0.39, 0.29) is 22.3 Å². The van der Waals surface area contributed by atoms with Crippen molar-refractivity contribution in [3.8, 4) is 0 Å². The number of nitro groups is 1. The highest BCUT2D eigenvalue weighted by Gasteiger charge is 2.36. The van der Waals surface area contributed by atoms with Crippen molar-refractivity contribution in [1.82, 2.24) is 5.32 Å². The molecule has 0 aliphatic carbocycles. The zero-order valence-corrected chi connectivity index (χ0v) is 12.8. The Kier molecular flexibility index (Phi) is 5.76. The summed E-state index contributed by atoms with van der Waals surface area (Å²) in [7, 11) is -3.80. The zero-order chi connectivity index (χ0) is 14.0. The molecule has 0 saturated carbocycles. The van der Waals surface area contributed by atoms with E-state index in [1.807, 2.05) is 0 Å². The molecule has 1 aromatic carbocycles. The van der Waals surface area contributed by atoms with Crippen LogP contribution in [0.5, 0.6) is 0 Å². The number of benzene rings is 1. The van der Waals surface area contributed by atoms with Crippen LogP contribution in [0.25, 0.3) is 0 Å². The second kappa shape index (κ2) is 6.71. The molecule has 9 heteroatoms. The van der Waals surface area contributed by atoms with E-state index in [0.717, 1.165) is 19.0 Å². The summed E-state index contributed by atoms with van der Waals surface area (Å²) < 4.78 is 25.0. The molecule has 0 bridgehead atoms. The van der Waals surface area contributed by atoms with E-state index in [1.54, 1.807) is 0 Å². The van der Waals surface area contributed by atoms with Gasteiger partial charge in [0.25, 0.3) is 5.69 Å². The number of sulfone groups is 1. The molecule has 1 atom stereocenters. The molecule has 1 aliphatic heterocycles. The maximum absolute atomic E-state index is 12.5. The highest BCUT2D eigenvalue weighted by molar-refractivity contribution is 7.92. The number of rotatable bonds is 3. The molecule has 112 valence electrons. The molecule has 0 aromatic heterocycles. The van der Waals surface area contributed by atoms with E-state index in [1.165, 1.54) is 12.1 Å². The molecular formula is C11H14Cl2N2O4S. The molecule has 1 heterocycles. The van der Waals surface area contributed by atoms with Gasteiger partial charge in [-0.05, 0) is 25.5 Å². The first-order valence-corrected chi connectivity index (χ1v) is 7.74. The van der Waals surface area contributed by atoms with Crippen LogP contribution in [0, 0.1) is 10.1 Å². The molecule has 2 rings (SSSR count). The largest absolute Gasteiger partial charge is 0.315 e. The maximum atomic E-state index is 12.5. The Morgan fingerprint density at radius 2 is 2.10 bits per heavy atom. The van der Waals surface area contributed by atoms with Crippen molar-refractivity contribution < 1.29 is 13.3 Å². The van der Waals surface area contributed by atoms with Gasteiger partial charge in [-0.15, -0.1) is 12.4 Å². The van der Waals surface area contributed by atoms with Crippen LogP contribution in [0.15, 0.2) is 23.1 Å². The van der Waals surface area contributed by atoms with Crippen LogP contribution in [0.3, 0.4) is 0 Å². The van der Waals surface area contributed by atoms with Gasteiger partial charge in [0.2, 0.25) is 0 Å². The third-order valence-electron chi connectivity index (χ3n) is 3.12. The number of nitro benzene ring substituents is 1. The van der Waals surface area contributed by atoms with Gasteiger partial charge < -0.3 is 5.32 Å². The fourth-order valence-electron chi connectivity index (χ4n) is 2.17. The van der Waals surface area contributed by atoms with Gasteiger partial charge in [0.05, 0.1) is 15.2 Å². The average Bonchev–Trinajstić information content (AvgIpc) is 2.39. The Hall–Kier alpha value is -0.890. The molecule has 1 fully saturated rings. The summed E-state index contributed by atoms with van der Waals surface area (Å²) in [5.74, 6) is 0. The normalized spacial score (nSPS) is 19.1. The summed E-state index contributed by atoms with van der Waals surface area (Å²) in [4.78, 5) is 9.89. The van der Waals surface area contributed by atoms with Crippen LogP contribution in [0.1, 0.15) is 12.8 Å². The monoisotopic (exact) mass is 340 g/mol. The van der Waals surface area contributed by atoms with Crippen molar-refractivity contribution in [2.24, 2.45) is 0 Å². The summed E-state index contributed by atoms with van der Waals surface area (Å²) >= 11 is 5.87. The molecule has 1 unspecified atom stereocenters. The van der Waals surface area contributed by atoms with Crippen molar-refractivity contribution in [3.05, 3.63) is 33.3 Å². The van der Waals surface area contributed by atoms with Crippen molar-refractivity contribution >= 4 is 39.5 Å². The van der Waals surface area contributed by atoms with Crippen LogP contribution in [0.4, 0.5) is 5.69 Å². The minimum atomic E-state index is -3.80. The predicted octanol–water partition coefficient (Wildman–Crippen LogP) is 2.20. The fourth-order valence-corrected chi connectivity index (χ4v) is 4.59. The van der Waals surface area contributed by atoms with Gasteiger partial charge in [0, 0.05) is 12.6 Å². The molecule has 1 aromatic rings. The Morgan fingerprint density at radius 1 is 1.40 bits per heavy atom. The molecule has 1 saturated heterocycles. The van der Waals surface area contributed by atoms with Gasteiger partial charge in [-0.1, -0.05) is 17.7 Å². The van der Waals surface area contributed by atoms with Crippen LogP contribution in [-0.2, 0) is 9.84 Å². The Labute approximate surface area is 128 Å². The second-order valence-electron chi connectivity index (χ2n) is 4.36. The van der Waals surface area contributed by atoms with Crippen molar-refractivity contribution in [2.75, 3.05) is 13.1 Å². The molecule has 0 amide bonds. The molecule has 0 spiro atoms. The maximum Gasteiger partial charge on any atom is 0.289 e. The first-order valence-electron chi connectivity index (χ1n) is 5.82. The minimum absolute atomic E-state index is 0. The quantitative estimate of drug-likeness (QED) is 0.672. The third kappa shape index (κ3) is 3.22. The number of hydrogen-bond acceptors (Lipinski definition) is 5. The average molecular weight is 341 g/mol. The lowest BCUT2D eigenvalue weighted by Crippen LogP contribution is -2.39. The molecule has 0 radical (unpaired) electrons. The second-order valence-corrected chi connectivity index (χ2v) is 6.93. The Morgan fingerprint density at radius 3 is 2.65 bits per heavy atom. The summed E-state index contributed by atoms with van der Waals surface area (Å²) in [6.45, 7) is 1.06. The predicted molar refractivity (Wildman–Crippen MR) is 78.4 cm³/mol. The Bertz CT molecular complexity index is 600. The fraction of sp³-hybridized carbons (Fsp3) is 0.455. The topological polar surface area (TPSA) is 89.3 Å². The van der Waals surface area contributed by atoms with Gasteiger partial charge in [-0.2, -0.15) is 0 Å². The lowest BCUT2D eigenvalue weighted by atomic mass is 10.2. The van der Waals surface area contributed by atoms with Gasteiger partial charge in [0.1, 0.15) is 0 Å². The van der Waals surface area contributed by atoms with Crippen molar-refractivity contribution in [3.63, 3.8) is 0 Å². The van der Waals surface area contributed by atoms with Crippen molar-refractivity contribution in [1.29, 1.82) is 0 Å². The molecule has 1 N–H and O–H groups in total. The van der Waals surface area contributed by atoms with Crippen LogP contribution in [0.2, 0.25) is 5.02 Å². The van der Waals surface area contributed by atoms with E-state index < -0.39 is 25.7 Å². The van der Waals surface area contributed by atoms with Crippen molar-refractivity contribution in [2.45, 2.75) is 23.0 Å². The Balaban J connectivity index is 0.00000200. The lowest BCUT2D eigenvalue weighted by molar-refractivity contribution is -0.387. The smallest absolute Gasteiger partial charge is 0.289 e. The number of nitrogens with one attached hydrogen (secondary N) is 1. The number of piperidine rings is 1. The molecule has 1 aliphatic rings. The molecule has 20 heavy (non-hydrogen) atoms. The van der Waals surface area contributed by atoms with Crippen LogP contribution >= 0.6 is 24.0 Å². The minimum Gasteiger partial charge on any atom is -0.315 e. The number of nitrogens with zero attached hydrogens (tertiary/aromatic N) is 1. The standard InChI is InChI=1S/C11H13ClN2O4S.ClH/c12-9-4-1-5-10(14(15)16)11(9)19(17,18)8-3-2-6-13-7-8;/h1,4-5,8,13H,2-3,6-7H2;1H. The summed E-state index contributed by atoms with van der Waals surface area (Å²) in [5, 5.41) is 13.2. The van der Waals surface area contributed by atoms with E-state index in [9.17, 15) is 18.5 Å². The van der Waals surface area contributed by atoms with Gasteiger partial charge in [0.15, 0.2) is 14.7 Å². The van der Waals surface area contributed by atoms with Gasteiger partial charge >= 0.3 is 0 Å². The first-order chi connectivity index (χ1) is 8.94. The lowest BCUT2D eigenvalue weighted by Gasteiger charge is -2.23. The van der Waals surface area contributed by atoms with E-state index in [4.69, 9.17) is 11.6 Å². The molecular weight excluding hydrogens is 327 g/mol. The molecule has 6 nitrogen and oxygen atoms in total. The number of halogens is 2. The van der Waals surface area contributed by atoms with E-state index >= 15 is 0 Å². The highest BCUT2D eigenvalue weighted by atomic mass is 35.5. The zero-order valence-electron chi connectivity index (χ0n) is 10.4. The van der Waals surface area contributed by atoms with E-state index in [2.05, 4.69) is 5.32 Å².